The van der Waals surface area contributed by atoms with Crippen LogP contribution in [0.3, 0.4) is 0 Å². The molecule has 0 bridgehead atoms. The minimum atomic E-state index is -0.970. The highest BCUT2D eigenvalue weighted by atomic mass is 127. The molecule has 0 aliphatic heterocycles. The van der Waals surface area contributed by atoms with E-state index in [9.17, 15) is 9.90 Å². The minimum absolute atomic E-state index is 0.220. The molecule has 5 heteroatoms. The van der Waals surface area contributed by atoms with Gasteiger partial charge in [-0.1, -0.05) is 13.0 Å². The van der Waals surface area contributed by atoms with Gasteiger partial charge in [0, 0.05) is 8.47 Å². The summed E-state index contributed by atoms with van der Waals surface area (Å²) in [5, 5.41) is 9.40. The van der Waals surface area contributed by atoms with Gasteiger partial charge in [-0.2, -0.15) is 0 Å². The molecule has 0 saturated carbocycles. The Morgan fingerprint density at radius 3 is 2.55 bits per heavy atom. The lowest BCUT2D eigenvalue weighted by Gasteiger charge is -2.12. The summed E-state index contributed by atoms with van der Waals surface area (Å²) in [4.78, 5) is 12.2. The van der Waals surface area contributed by atoms with E-state index in [1.807, 2.05) is 37.3 Å². The second-order valence-corrected chi connectivity index (χ2v) is 6.47. The molecule has 0 radical (unpaired) electrons. The first-order valence-corrected chi connectivity index (χ1v) is 8.10. The van der Waals surface area contributed by atoms with Crippen molar-refractivity contribution in [2.45, 2.75) is 11.8 Å². The van der Waals surface area contributed by atoms with E-state index in [1.54, 1.807) is 12.1 Å². The number of benzene rings is 2. The van der Waals surface area contributed by atoms with Crippen LogP contribution in [-0.2, 0) is 0 Å². The van der Waals surface area contributed by atoms with Gasteiger partial charge < -0.3 is 9.84 Å². The molecule has 0 aliphatic rings. The molecule has 3 nitrogen and oxygen atoms in total. The first-order chi connectivity index (χ1) is 9.61. The van der Waals surface area contributed by atoms with E-state index < -0.39 is 5.97 Å². The molecule has 0 fully saturated rings. The Kier molecular flexibility index (Phi) is 5.31. The number of hydrogen-bond acceptors (Lipinski definition) is 3. The zero-order valence-corrected chi connectivity index (χ0v) is 13.8. The number of thioether (sulfide) groups is 1. The molecular weight excluding hydrogens is 387 g/mol. The van der Waals surface area contributed by atoms with Crippen molar-refractivity contribution in [1.29, 1.82) is 0 Å². The molecule has 0 aromatic heterocycles. The van der Waals surface area contributed by atoms with Crippen LogP contribution in [-0.4, -0.2) is 16.8 Å². The van der Waals surface area contributed by atoms with Gasteiger partial charge in [0.05, 0.1) is 0 Å². The maximum atomic E-state index is 11.5. The lowest BCUT2D eigenvalue weighted by molar-refractivity contribution is 0.0690. The van der Waals surface area contributed by atoms with Crippen molar-refractivity contribution in [1.82, 2.24) is 0 Å². The van der Waals surface area contributed by atoms with Gasteiger partial charge in [0.25, 0.3) is 0 Å². The summed E-state index contributed by atoms with van der Waals surface area (Å²) in [7, 11) is 0. The highest BCUT2D eigenvalue weighted by molar-refractivity contribution is 14.1. The van der Waals surface area contributed by atoms with Crippen molar-refractivity contribution in [2.75, 3.05) is 5.75 Å². The van der Waals surface area contributed by atoms with E-state index in [4.69, 9.17) is 4.74 Å². The summed E-state index contributed by atoms with van der Waals surface area (Å²) in [6.45, 7) is 1.99. The van der Waals surface area contributed by atoms with E-state index in [0.29, 0.717) is 11.5 Å². The van der Waals surface area contributed by atoms with Crippen LogP contribution in [0.1, 0.15) is 17.3 Å². The fraction of sp³-hybridized carbons (Fsp3) is 0.133. The van der Waals surface area contributed by atoms with Gasteiger partial charge in [-0.15, -0.1) is 11.8 Å². The number of carboxylic acids is 1. The lowest BCUT2D eigenvalue weighted by atomic mass is 10.2. The Morgan fingerprint density at radius 1 is 1.25 bits per heavy atom. The quantitative estimate of drug-likeness (QED) is 0.573. The van der Waals surface area contributed by atoms with E-state index in [2.05, 4.69) is 22.6 Å². The summed E-state index contributed by atoms with van der Waals surface area (Å²) in [6.07, 6.45) is 0. The summed E-state index contributed by atoms with van der Waals surface area (Å²) < 4.78 is 6.82. The molecule has 0 saturated heterocycles. The predicted molar refractivity (Wildman–Crippen MR) is 89.0 cm³/mol. The number of halogens is 1. The van der Waals surface area contributed by atoms with Crippen LogP contribution < -0.4 is 4.74 Å². The molecule has 0 atom stereocenters. The standard InChI is InChI=1S/C15H13IO3S/c1-2-20-13-5-3-4-12(14(13)15(17)18)19-11-8-6-10(16)7-9-11/h3-9H,2H2,1H3,(H,17,18). The summed E-state index contributed by atoms with van der Waals surface area (Å²) in [5.41, 5.74) is 0.220. The third-order valence-electron chi connectivity index (χ3n) is 2.54. The molecule has 0 unspecified atom stereocenters. The van der Waals surface area contributed by atoms with E-state index in [-0.39, 0.29) is 5.56 Å². The van der Waals surface area contributed by atoms with E-state index in [0.717, 1.165) is 14.2 Å². The van der Waals surface area contributed by atoms with Crippen LogP contribution in [0, 0.1) is 3.57 Å². The molecule has 1 N–H and O–H groups in total. The number of hydrogen-bond donors (Lipinski definition) is 1. The van der Waals surface area contributed by atoms with Crippen molar-refractivity contribution in [3.8, 4) is 11.5 Å². The highest BCUT2D eigenvalue weighted by Gasteiger charge is 2.17. The molecule has 0 aliphatic carbocycles. The average Bonchev–Trinajstić information content (AvgIpc) is 2.41. The predicted octanol–water partition coefficient (Wildman–Crippen LogP) is 4.89. The maximum Gasteiger partial charge on any atom is 0.340 e. The normalized spacial score (nSPS) is 10.3. The molecule has 2 rings (SSSR count). The van der Waals surface area contributed by atoms with Crippen molar-refractivity contribution in [3.63, 3.8) is 0 Å². The second kappa shape index (κ2) is 6.99. The van der Waals surface area contributed by atoms with Crippen LogP contribution in [0.2, 0.25) is 0 Å². The molecule has 0 spiro atoms. The molecule has 2 aromatic rings. The molecular formula is C15H13IO3S. The van der Waals surface area contributed by atoms with E-state index in [1.165, 1.54) is 11.8 Å². The highest BCUT2D eigenvalue weighted by Crippen LogP contribution is 2.33. The zero-order chi connectivity index (χ0) is 14.5. The zero-order valence-electron chi connectivity index (χ0n) is 10.8. The summed E-state index contributed by atoms with van der Waals surface area (Å²) in [5.74, 6) is 0.846. The fourth-order valence-electron chi connectivity index (χ4n) is 1.71. The second-order valence-electron chi connectivity index (χ2n) is 3.92. The van der Waals surface area contributed by atoms with Gasteiger partial charge in [-0.3, -0.25) is 0 Å². The number of carbonyl (C=O) groups is 1. The number of rotatable bonds is 5. The van der Waals surface area contributed by atoms with Crippen molar-refractivity contribution in [2.24, 2.45) is 0 Å². The van der Waals surface area contributed by atoms with Crippen molar-refractivity contribution in [3.05, 3.63) is 51.6 Å². The van der Waals surface area contributed by atoms with Gasteiger partial charge >= 0.3 is 5.97 Å². The fourth-order valence-corrected chi connectivity index (χ4v) is 2.89. The first-order valence-electron chi connectivity index (χ1n) is 6.04. The van der Waals surface area contributed by atoms with Gasteiger partial charge in [0.1, 0.15) is 17.1 Å². The Labute approximate surface area is 135 Å². The minimum Gasteiger partial charge on any atom is -0.478 e. The van der Waals surface area contributed by atoms with Crippen LogP contribution >= 0.6 is 34.4 Å². The Balaban J connectivity index is 2.37. The topological polar surface area (TPSA) is 46.5 Å². The number of ether oxygens (including phenoxy) is 1. The molecule has 0 amide bonds. The van der Waals surface area contributed by atoms with E-state index >= 15 is 0 Å². The molecule has 20 heavy (non-hydrogen) atoms. The first kappa shape index (κ1) is 15.2. The SMILES string of the molecule is CCSc1cccc(Oc2ccc(I)cc2)c1C(=O)O. The lowest BCUT2D eigenvalue weighted by Crippen LogP contribution is -2.02. The van der Waals surface area contributed by atoms with Crippen LogP contribution in [0.15, 0.2) is 47.4 Å². The Hall–Kier alpha value is -1.21. The van der Waals surface area contributed by atoms with Crippen molar-refractivity contribution < 1.29 is 14.6 Å². The van der Waals surface area contributed by atoms with Crippen LogP contribution in [0.5, 0.6) is 11.5 Å². The number of aromatic carboxylic acids is 1. The molecule has 2 aromatic carbocycles. The average molecular weight is 400 g/mol. The van der Waals surface area contributed by atoms with Crippen LogP contribution in [0.25, 0.3) is 0 Å². The molecule has 104 valence electrons. The monoisotopic (exact) mass is 400 g/mol. The number of carboxylic acid groups (broad SMARTS) is 1. The largest absolute Gasteiger partial charge is 0.478 e. The Morgan fingerprint density at radius 2 is 1.95 bits per heavy atom. The molecule has 0 heterocycles. The van der Waals surface area contributed by atoms with Gasteiger partial charge in [0.2, 0.25) is 0 Å². The maximum absolute atomic E-state index is 11.5. The van der Waals surface area contributed by atoms with Crippen molar-refractivity contribution >= 4 is 40.3 Å². The Bertz CT molecular complexity index is 611. The van der Waals surface area contributed by atoms with Gasteiger partial charge in [-0.25, -0.2) is 4.79 Å². The smallest absolute Gasteiger partial charge is 0.340 e. The van der Waals surface area contributed by atoms with Crippen LogP contribution in [0.4, 0.5) is 0 Å². The summed E-state index contributed by atoms with van der Waals surface area (Å²) >= 11 is 3.70. The third-order valence-corrected chi connectivity index (χ3v) is 4.20. The summed E-state index contributed by atoms with van der Waals surface area (Å²) in [6, 6.07) is 12.8. The third kappa shape index (κ3) is 3.67. The van der Waals surface area contributed by atoms with Gasteiger partial charge in [-0.05, 0) is 64.7 Å². The van der Waals surface area contributed by atoms with Gasteiger partial charge in [0.15, 0.2) is 0 Å².